The van der Waals surface area contributed by atoms with Crippen LogP contribution in [0, 0.1) is 11.8 Å². The van der Waals surface area contributed by atoms with Crippen LogP contribution in [0.3, 0.4) is 0 Å². The second-order valence-corrected chi connectivity index (χ2v) is 19.2. The average molecular weight is 767 g/mol. The summed E-state index contributed by atoms with van der Waals surface area (Å²) in [4.78, 5) is 58.1. The number of hydrogen-bond donors (Lipinski definition) is 0. The third-order valence-corrected chi connectivity index (χ3v) is 16.5. The fraction of sp³-hybridized carbons (Fsp3) is 0.280. The quantitative estimate of drug-likeness (QED) is 0.150. The Kier molecular flexibility index (Phi) is 6.95. The van der Waals surface area contributed by atoms with Gasteiger partial charge in [-0.2, -0.15) is 0 Å². The van der Waals surface area contributed by atoms with Crippen molar-refractivity contribution in [3.05, 3.63) is 160 Å². The van der Waals surface area contributed by atoms with E-state index in [1.807, 2.05) is 36.4 Å². The summed E-state index contributed by atoms with van der Waals surface area (Å²) < 4.78 is 0. The topological polar surface area (TPSA) is 68.3 Å². The molecule has 0 amide bonds. The minimum atomic E-state index is -0.167. The number of Topliss-reactive ketones (excluding diaryl/α,β-unsaturated/α-hetero) is 4. The van der Waals surface area contributed by atoms with Gasteiger partial charge in [-0.1, -0.05) is 111 Å². The average Bonchev–Trinajstić information content (AvgIpc) is 4.05. The van der Waals surface area contributed by atoms with Gasteiger partial charge in [-0.25, -0.2) is 0 Å². The monoisotopic (exact) mass is 766 g/mol. The van der Waals surface area contributed by atoms with E-state index in [0.717, 1.165) is 35.4 Å². The Morgan fingerprint density at radius 2 is 0.839 bits per heavy atom. The SMILES string of the molecule is O=C1C(=Cc2cc3c(s2)C2=CC4C=C5C(=CC4C=C2C32CCCCC2)c2sc(C=C3C(=O)c4ccccc4C3=O)cc2C52CCCCC2)C(=O)c2ccccc21. The van der Waals surface area contributed by atoms with Crippen LogP contribution in [0.15, 0.2) is 107 Å². The molecule has 2 fully saturated rings. The Morgan fingerprint density at radius 1 is 0.482 bits per heavy atom. The van der Waals surface area contributed by atoms with Gasteiger partial charge in [-0.3, -0.25) is 19.2 Å². The zero-order valence-electron chi connectivity index (χ0n) is 30.9. The lowest BCUT2D eigenvalue weighted by Crippen LogP contribution is -2.31. The lowest BCUT2D eigenvalue weighted by atomic mass is 9.63. The number of ketones is 4. The summed E-state index contributed by atoms with van der Waals surface area (Å²) in [6.07, 6.45) is 25.8. The molecule has 8 aliphatic rings. The van der Waals surface area contributed by atoms with Crippen LogP contribution in [0.5, 0.6) is 0 Å². The molecule has 0 saturated heterocycles. The first kappa shape index (κ1) is 33.1. The number of carbonyl (C=O) groups excluding carboxylic acids is 4. The number of fused-ring (bicyclic) bond motifs is 13. The smallest absolute Gasteiger partial charge is 0.197 e. The van der Waals surface area contributed by atoms with Gasteiger partial charge in [-0.15, -0.1) is 22.7 Å². The second-order valence-electron chi connectivity index (χ2n) is 17.1. The molecule has 8 aliphatic carbocycles. The van der Waals surface area contributed by atoms with Gasteiger partial charge in [0.25, 0.3) is 0 Å². The highest BCUT2D eigenvalue weighted by Gasteiger charge is 2.52. The standard InChI is InChI=1S/C50H38O4S2/c51-43-31-11-3-4-12-32(31)44(52)37(43)23-29-25-41-47(55-29)35-19-28-22-40-36(20-27(28)21-39(35)49(41)15-7-1-8-16-49)48-42(50(40)17-9-2-10-18-50)26-30(56-48)24-38-45(53)33-13-5-6-14-34(33)46(38)54/h3-6,11-14,19-28H,1-2,7-10,15-18H2. The van der Waals surface area contributed by atoms with Gasteiger partial charge < -0.3 is 0 Å². The molecule has 274 valence electrons. The van der Waals surface area contributed by atoms with Gasteiger partial charge in [0.1, 0.15) is 0 Å². The molecule has 2 aromatic carbocycles. The van der Waals surface area contributed by atoms with Gasteiger partial charge >= 0.3 is 0 Å². The van der Waals surface area contributed by atoms with Crippen molar-refractivity contribution in [3.8, 4) is 0 Å². The van der Waals surface area contributed by atoms with E-state index < -0.39 is 0 Å². The summed E-state index contributed by atoms with van der Waals surface area (Å²) in [6.45, 7) is 0. The summed E-state index contributed by atoms with van der Waals surface area (Å²) in [5, 5.41) is 0. The van der Waals surface area contributed by atoms with E-state index in [0.29, 0.717) is 22.3 Å². The van der Waals surface area contributed by atoms with Crippen LogP contribution < -0.4 is 0 Å². The first-order valence-corrected chi connectivity index (χ1v) is 22.0. The molecule has 2 unspecified atom stereocenters. The van der Waals surface area contributed by atoms with Gasteiger partial charge in [0.05, 0.1) is 11.1 Å². The van der Waals surface area contributed by atoms with Crippen LogP contribution >= 0.6 is 22.7 Å². The highest BCUT2D eigenvalue weighted by atomic mass is 32.1. The molecule has 0 N–H and O–H groups in total. The van der Waals surface area contributed by atoms with Crippen molar-refractivity contribution in [1.82, 2.24) is 0 Å². The van der Waals surface area contributed by atoms with E-state index >= 15 is 0 Å². The van der Waals surface area contributed by atoms with E-state index in [4.69, 9.17) is 0 Å². The third kappa shape index (κ3) is 4.35. The Bertz CT molecular complexity index is 2480. The summed E-state index contributed by atoms with van der Waals surface area (Å²) in [7, 11) is 0. The number of carbonyl (C=O) groups is 4. The predicted molar refractivity (Wildman–Crippen MR) is 223 cm³/mol. The third-order valence-electron chi connectivity index (χ3n) is 14.3. The van der Waals surface area contributed by atoms with Gasteiger partial charge in [0, 0.05) is 64.4 Å². The maximum atomic E-state index is 13.4. The molecule has 0 bridgehead atoms. The molecule has 2 atom stereocenters. The molecule has 4 aromatic rings. The van der Waals surface area contributed by atoms with E-state index in [2.05, 4.69) is 36.4 Å². The van der Waals surface area contributed by atoms with E-state index in [1.54, 1.807) is 46.9 Å². The molecule has 2 spiro atoms. The van der Waals surface area contributed by atoms with Crippen molar-refractivity contribution in [2.75, 3.05) is 0 Å². The molecule has 6 heteroatoms. The molecule has 0 radical (unpaired) electrons. The minimum absolute atomic E-state index is 0.0432. The van der Waals surface area contributed by atoms with Crippen molar-refractivity contribution in [3.63, 3.8) is 0 Å². The van der Waals surface area contributed by atoms with Crippen molar-refractivity contribution in [2.24, 2.45) is 11.8 Å². The Morgan fingerprint density at radius 3 is 1.20 bits per heavy atom. The summed E-state index contributed by atoms with van der Waals surface area (Å²) in [5.74, 6) is -0.173. The van der Waals surface area contributed by atoms with Crippen molar-refractivity contribution < 1.29 is 19.2 Å². The molecule has 2 saturated carbocycles. The molecule has 12 rings (SSSR count). The van der Waals surface area contributed by atoms with E-state index in [9.17, 15) is 19.2 Å². The van der Waals surface area contributed by atoms with E-state index in [1.165, 1.54) is 81.7 Å². The summed E-state index contributed by atoms with van der Waals surface area (Å²) >= 11 is 3.50. The van der Waals surface area contributed by atoms with Gasteiger partial charge in [0.15, 0.2) is 23.1 Å². The molecule has 4 nitrogen and oxygen atoms in total. The Hall–Kier alpha value is -5.04. The van der Waals surface area contributed by atoms with Crippen LogP contribution in [0.2, 0.25) is 0 Å². The maximum Gasteiger partial charge on any atom is 0.197 e. The zero-order chi connectivity index (χ0) is 37.5. The number of benzene rings is 2. The van der Waals surface area contributed by atoms with Crippen molar-refractivity contribution in [2.45, 2.75) is 75.0 Å². The highest BCUT2D eigenvalue weighted by Crippen LogP contribution is 2.65. The van der Waals surface area contributed by atoms with Crippen LogP contribution in [-0.4, -0.2) is 23.1 Å². The second kappa shape index (κ2) is 11.7. The van der Waals surface area contributed by atoms with Crippen LogP contribution in [0.4, 0.5) is 0 Å². The van der Waals surface area contributed by atoms with Crippen molar-refractivity contribution >= 4 is 69.1 Å². The van der Waals surface area contributed by atoms with Crippen LogP contribution in [-0.2, 0) is 10.8 Å². The maximum absolute atomic E-state index is 13.4. The van der Waals surface area contributed by atoms with Gasteiger partial charge in [0.2, 0.25) is 0 Å². The molecule has 56 heavy (non-hydrogen) atoms. The number of thiophene rings is 2. The molecular weight excluding hydrogens is 729 g/mol. The molecule has 0 aliphatic heterocycles. The van der Waals surface area contributed by atoms with Gasteiger partial charge in [-0.05, 0) is 83.4 Å². The van der Waals surface area contributed by atoms with E-state index in [-0.39, 0.29) is 56.9 Å². The zero-order valence-corrected chi connectivity index (χ0v) is 32.5. The lowest BCUT2D eigenvalue weighted by Gasteiger charge is -2.40. The number of allylic oxidation sites excluding steroid dienone is 10. The fourth-order valence-corrected chi connectivity index (χ4v) is 14.2. The summed E-state index contributed by atoms with van der Waals surface area (Å²) in [6, 6.07) is 19.0. The Labute approximate surface area is 333 Å². The fourth-order valence-electron chi connectivity index (χ4n) is 11.7. The lowest BCUT2D eigenvalue weighted by molar-refractivity contribution is 0.0975. The number of hydrogen-bond acceptors (Lipinski definition) is 6. The van der Waals surface area contributed by atoms with Crippen LogP contribution in [0.25, 0.3) is 23.3 Å². The molecular formula is C50H38O4S2. The number of rotatable bonds is 2. The summed E-state index contributed by atoms with van der Waals surface area (Å²) in [5.41, 5.74) is 11.0. The normalized spacial score (nSPS) is 24.5. The predicted octanol–water partition coefficient (Wildman–Crippen LogP) is 11.7. The highest BCUT2D eigenvalue weighted by molar-refractivity contribution is 7.15. The first-order chi connectivity index (χ1) is 27.3. The first-order valence-electron chi connectivity index (χ1n) is 20.3. The molecule has 2 aromatic heterocycles. The minimum Gasteiger partial charge on any atom is -0.288 e. The largest absolute Gasteiger partial charge is 0.288 e. The van der Waals surface area contributed by atoms with Crippen molar-refractivity contribution in [1.29, 1.82) is 0 Å². The Balaban J connectivity index is 0.948. The van der Waals surface area contributed by atoms with Crippen LogP contribution in [0.1, 0.15) is 136 Å². The molecule has 2 heterocycles.